The zero-order valence-electron chi connectivity index (χ0n) is 10.2. The molecule has 6 heteroatoms. The largest absolute Gasteiger partial charge is 0.334 e. The minimum Gasteiger partial charge on any atom is -0.334 e. The molecule has 98 valence electrons. The van der Waals surface area contributed by atoms with Gasteiger partial charge in [0.2, 0.25) is 0 Å². The van der Waals surface area contributed by atoms with Crippen LogP contribution in [0.1, 0.15) is 12.7 Å². The minimum atomic E-state index is -0.280. The van der Waals surface area contributed by atoms with E-state index in [0.29, 0.717) is 18.1 Å². The molecule has 2 aromatic rings. The van der Waals surface area contributed by atoms with Crippen LogP contribution in [0.4, 0.5) is 4.39 Å². The molecular formula is C12H15ClFN3O. The van der Waals surface area contributed by atoms with Crippen molar-refractivity contribution in [1.82, 2.24) is 15.5 Å². The van der Waals surface area contributed by atoms with Gasteiger partial charge in [0, 0.05) is 18.0 Å². The van der Waals surface area contributed by atoms with Gasteiger partial charge in [-0.05, 0) is 38.2 Å². The van der Waals surface area contributed by atoms with Gasteiger partial charge in [0.1, 0.15) is 5.82 Å². The Morgan fingerprint density at radius 3 is 2.61 bits per heavy atom. The van der Waals surface area contributed by atoms with Gasteiger partial charge < -0.3 is 9.84 Å². The van der Waals surface area contributed by atoms with E-state index in [4.69, 9.17) is 4.52 Å². The van der Waals surface area contributed by atoms with Crippen molar-refractivity contribution in [2.24, 2.45) is 0 Å². The van der Waals surface area contributed by atoms with Crippen LogP contribution in [0.2, 0.25) is 0 Å². The fraction of sp³-hybridized carbons (Fsp3) is 0.333. The van der Waals surface area contributed by atoms with Gasteiger partial charge in [-0.1, -0.05) is 5.16 Å². The van der Waals surface area contributed by atoms with Crippen LogP contribution in [0.3, 0.4) is 0 Å². The maximum Gasteiger partial charge on any atom is 0.257 e. The number of halogens is 2. The number of nitrogens with zero attached hydrogens (tertiary/aromatic N) is 2. The molecule has 18 heavy (non-hydrogen) atoms. The molecule has 0 saturated carbocycles. The molecule has 2 rings (SSSR count). The second kappa shape index (κ2) is 6.47. The Morgan fingerprint density at radius 1 is 1.33 bits per heavy atom. The molecule has 0 bridgehead atoms. The zero-order chi connectivity index (χ0) is 12.3. The van der Waals surface area contributed by atoms with Crippen LogP contribution in [-0.4, -0.2) is 23.2 Å². The van der Waals surface area contributed by atoms with Gasteiger partial charge in [-0.2, -0.15) is 4.98 Å². The Labute approximate surface area is 111 Å². The molecule has 0 aliphatic heterocycles. The third-order valence-corrected chi connectivity index (χ3v) is 2.54. The van der Waals surface area contributed by atoms with Crippen LogP contribution in [0.5, 0.6) is 0 Å². The topological polar surface area (TPSA) is 51.0 Å². The molecule has 1 N–H and O–H groups in total. The average Bonchev–Trinajstić information content (AvgIpc) is 2.78. The summed E-state index contributed by atoms with van der Waals surface area (Å²) in [5.74, 6) is 0.784. The smallest absolute Gasteiger partial charge is 0.257 e. The number of likely N-dealkylation sites (N-methyl/N-ethyl adjacent to an activating group) is 1. The number of rotatable bonds is 4. The van der Waals surface area contributed by atoms with Gasteiger partial charge in [-0.25, -0.2) is 4.39 Å². The Balaban J connectivity index is 0.00000162. The highest BCUT2D eigenvalue weighted by atomic mass is 35.5. The van der Waals surface area contributed by atoms with Gasteiger partial charge in [0.25, 0.3) is 5.89 Å². The van der Waals surface area contributed by atoms with E-state index < -0.39 is 0 Å². The molecule has 0 fully saturated rings. The molecule has 0 radical (unpaired) electrons. The van der Waals surface area contributed by atoms with Crippen LogP contribution in [0.15, 0.2) is 28.8 Å². The molecule has 1 unspecified atom stereocenters. The van der Waals surface area contributed by atoms with Crippen molar-refractivity contribution in [1.29, 1.82) is 0 Å². The van der Waals surface area contributed by atoms with Crippen LogP contribution in [0.25, 0.3) is 11.5 Å². The lowest BCUT2D eigenvalue weighted by Gasteiger charge is -2.04. The first-order valence-corrected chi connectivity index (χ1v) is 5.45. The fourth-order valence-corrected chi connectivity index (χ4v) is 1.42. The summed E-state index contributed by atoms with van der Waals surface area (Å²) in [6.07, 6.45) is 0.696. The molecule has 0 spiro atoms. The Hall–Kier alpha value is -1.46. The van der Waals surface area contributed by atoms with Crippen molar-refractivity contribution in [3.05, 3.63) is 35.9 Å². The summed E-state index contributed by atoms with van der Waals surface area (Å²) < 4.78 is 17.9. The molecule has 4 nitrogen and oxygen atoms in total. The Bertz CT molecular complexity index is 486. The number of benzene rings is 1. The Morgan fingerprint density at radius 2 is 2.00 bits per heavy atom. The standard InChI is InChI=1S/C12H14FN3O.ClH/c1-8(14-2)7-11-15-12(17-16-11)9-3-5-10(13)6-4-9;/h3-6,8,14H,7H2,1-2H3;1H. The first-order valence-electron chi connectivity index (χ1n) is 5.45. The summed E-state index contributed by atoms with van der Waals surface area (Å²) in [5, 5.41) is 6.98. The molecule has 1 aromatic carbocycles. The van der Waals surface area contributed by atoms with Crippen molar-refractivity contribution < 1.29 is 8.91 Å². The molecule has 1 heterocycles. The van der Waals surface area contributed by atoms with Crippen LogP contribution in [0, 0.1) is 5.82 Å². The Kier molecular flexibility index (Phi) is 5.25. The summed E-state index contributed by atoms with van der Waals surface area (Å²) in [4.78, 5) is 4.26. The zero-order valence-corrected chi connectivity index (χ0v) is 11.0. The second-order valence-electron chi connectivity index (χ2n) is 3.92. The first-order chi connectivity index (χ1) is 8.19. The van der Waals surface area contributed by atoms with Gasteiger partial charge >= 0.3 is 0 Å². The molecular weight excluding hydrogens is 257 g/mol. The van der Waals surface area contributed by atoms with Crippen molar-refractivity contribution in [3.8, 4) is 11.5 Å². The quantitative estimate of drug-likeness (QED) is 0.928. The predicted molar refractivity (Wildman–Crippen MR) is 69.2 cm³/mol. The highest BCUT2D eigenvalue weighted by molar-refractivity contribution is 5.85. The van der Waals surface area contributed by atoms with Crippen LogP contribution >= 0.6 is 12.4 Å². The van der Waals surface area contributed by atoms with E-state index in [1.165, 1.54) is 12.1 Å². The fourth-order valence-electron chi connectivity index (χ4n) is 1.42. The van der Waals surface area contributed by atoms with Crippen LogP contribution in [-0.2, 0) is 6.42 Å². The predicted octanol–water partition coefficient (Wildman–Crippen LogP) is 2.45. The summed E-state index contributed by atoms with van der Waals surface area (Å²) in [6, 6.07) is 6.27. The van der Waals surface area contributed by atoms with E-state index in [1.54, 1.807) is 12.1 Å². The van der Waals surface area contributed by atoms with E-state index in [-0.39, 0.29) is 24.3 Å². The van der Waals surface area contributed by atoms with Gasteiger partial charge in [-0.15, -0.1) is 12.4 Å². The molecule has 1 aromatic heterocycles. The highest BCUT2D eigenvalue weighted by Crippen LogP contribution is 2.17. The molecule has 0 aliphatic carbocycles. The van der Waals surface area contributed by atoms with Gasteiger partial charge in [0.15, 0.2) is 5.82 Å². The van der Waals surface area contributed by atoms with Gasteiger partial charge in [-0.3, -0.25) is 0 Å². The van der Waals surface area contributed by atoms with E-state index in [2.05, 4.69) is 15.5 Å². The number of nitrogens with one attached hydrogen (secondary N) is 1. The monoisotopic (exact) mass is 271 g/mol. The summed E-state index contributed by atoms with van der Waals surface area (Å²) in [7, 11) is 1.88. The number of aromatic nitrogens is 2. The molecule has 0 saturated heterocycles. The molecule has 0 amide bonds. The SMILES string of the molecule is CNC(C)Cc1noc(-c2ccc(F)cc2)n1.Cl. The lowest BCUT2D eigenvalue weighted by molar-refractivity contribution is 0.418. The first kappa shape index (κ1) is 14.6. The van der Waals surface area contributed by atoms with E-state index in [9.17, 15) is 4.39 Å². The van der Waals surface area contributed by atoms with Crippen molar-refractivity contribution in [2.45, 2.75) is 19.4 Å². The van der Waals surface area contributed by atoms with Gasteiger partial charge in [0.05, 0.1) is 0 Å². The maximum absolute atomic E-state index is 12.8. The third kappa shape index (κ3) is 3.51. The average molecular weight is 272 g/mol. The highest BCUT2D eigenvalue weighted by Gasteiger charge is 2.10. The minimum absolute atomic E-state index is 0. The molecule has 0 aliphatic rings. The third-order valence-electron chi connectivity index (χ3n) is 2.54. The maximum atomic E-state index is 12.8. The van der Waals surface area contributed by atoms with Crippen molar-refractivity contribution >= 4 is 12.4 Å². The van der Waals surface area contributed by atoms with Crippen molar-refractivity contribution in [2.75, 3.05) is 7.05 Å². The normalized spacial score (nSPS) is 11.9. The number of hydrogen-bond donors (Lipinski definition) is 1. The van der Waals surface area contributed by atoms with Crippen molar-refractivity contribution in [3.63, 3.8) is 0 Å². The number of hydrogen-bond acceptors (Lipinski definition) is 4. The summed E-state index contributed by atoms with van der Waals surface area (Å²) in [6.45, 7) is 2.04. The van der Waals surface area contributed by atoms with E-state index >= 15 is 0 Å². The summed E-state index contributed by atoms with van der Waals surface area (Å²) in [5.41, 5.74) is 0.724. The lowest BCUT2D eigenvalue weighted by Crippen LogP contribution is -2.24. The lowest BCUT2D eigenvalue weighted by atomic mass is 10.2. The van der Waals surface area contributed by atoms with E-state index in [0.717, 1.165) is 5.56 Å². The summed E-state index contributed by atoms with van der Waals surface area (Å²) >= 11 is 0. The van der Waals surface area contributed by atoms with E-state index in [1.807, 2.05) is 14.0 Å². The van der Waals surface area contributed by atoms with Crippen LogP contribution < -0.4 is 5.32 Å². The molecule has 1 atom stereocenters. The second-order valence-corrected chi connectivity index (χ2v) is 3.92.